The molecule has 0 aliphatic rings. The van der Waals surface area contributed by atoms with Gasteiger partial charge in [0, 0.05) is 0 Å². The number of carbonyl (C=O) groups excluding carboxylic acids is 2. The van der Waals surface area contributed by atoms with E-state index in [0.29, 0.717) is 11.8 Å². The van der Waals surface area contributed by atoms with Crippen LogP contribution in [-0.2, 0) is 14.3 Å². The Kier molecular flexibility index (Phi) is 7.02. The highest BCUT2D eigenvalue weighted by molar-refractivity contribution is 5.91. The molecule has 0 bridgehead atoms. The average Bonchev–Trinajstić information content (AvgIpc) is 2.46. The summed E-state index contributed by atoms with van der Waals surface area (Å²) >= 11 is 0. The SMILES string of the molecule is CCOC(=O)C(F)OC(=O)c1ccc(C(C)CC(C)C)cc1. The second-order valence-electron chi connectivity index (χ2n) is 5.63. The van der Waals surface area contributed by atoms with Crippen molar-refractivity contribution in [2.24, 2.45) is 5.92 Å². The fourth-order valence-corrected chi connectivity index (χ4v) is 2.21. The first-order chi connectivity index (χ1) is 10.3. The Hall–Kier alpha value is -1.91. The number of ether oxygens (including phenoxy) is 2. The fraction of sp³-hybridized carbons (Fsp3) is 0.529. The first-order valence-corrected chi connectivity index (χ1v) is 7.46. The van der Waals surface area contributed by atoms with Crippen LogP contribution in [-0.4, -0.2) is 24.9 Å². The molecule has 0 heterocycles. The molecule has 0 amide bonds. The Bertz CT molecular complexity index is 496. The Morgan fingerprint density at radius 2 is 1.73 bits per heavy atom. The van der Waals surface area contributed by atoms with Crippen molar-refractivity contribution in [3.63, 3.8) is 0 Å². The zero-order chi connectivity index (χ0) is 16.7. The second-order valence-corrected chi connectivity index (χ2v) is 5.63. The molecule has 0 aliphatic carbocycles. The van der Waals surface area contributed by atoms with Crippen molar-refractivity contribution in [2.45, 2.75) is 46.4 Å². The van der Waals surface area contributed by atoms with Crippen LogP contribution in [0, 0.1) is 5.92 Å². The topological polar surface area (TPSA) is 52.6 Å². The van der Waals surface area contributed by atoms with Gasteiger partial charge in [0.05, 0.1) is 12.2 Å². The molecule has 1 aromatic carbocycles. The summed E-state index contributed by atoms with van der Waals surface area (Å²) in [6.07, 6.45) is -1.36. The monoisotopic (exact) mass is 310 g/mol. The largest absolute Gasteiger partial charge is 0.461 e. The molecule has 0 spiro atoms. The van der Waals surface area contributed by atoms with Gasteiger partial charge in [0.1, 0.15) is 0 Å². The molecule has 4 nitrogen and oxygen atoms in total. The normalized spacial score (nSPS) is 13.5. The van der Waals surface area contributed by atoms with Crippen LogP contribution in [0.15, 0.2) is 24.3 Å². The van der Waals surface area contributed by atoms with Gasteiger partial charge in [-0.05, 0) is 42.9 Å². The Morgan fingerprint density at radius 1 is 1.14 bits per heavy atom. The zero-order valence-corrected chi connectivity index (χ0v) is 13.5. The molecular weight excluding hydrogens is 287 g/mol. The van der Waals surface area contributed by atoms with Crippen molar-refractivity contribution in [2.75, 3.05) is 6.61 Å². The van der Waals surface area contributed by atoms with Crippen LogP contribution in [0.25, 0.3) is 0 Å². The highest BCUT2D eigenvalue weighted by Crippen LogP contribution is 2.23. The van der Waals surface area contributed by atoms with Crippen molar-refractivity contribution in [3.05, 3.63) is 35.4 Å². The molecule has 2 atom stereocenters. The standard InChI is InChI=1S/C17H23FO4/c1-5-21-17(20)15(18)22-16(19)14-8-6-13(7-9-14)12(4)10-11(2)3/h6-9,11-12,15H,5,10H2,1-4H3. The van der Waals surface area contributed by atoms with Crippen molar-refractivity contribution in [1.29, 1.82) is 0 Å². The summed E-state index contributed by atoms with van der Waals surface area (Å²) < 4.78 is 22.2. The number of carbonyl (C=O) groups is 2. The highest BCUT2D eigenvalue weighted by atomic mass is 19.1. The molecule has 0 fully saturated rings. The quantitative estimate of drug-likeness (QED) is 0.718. The van der Waals surface area contributed by atoms with Crippen LogP contribution < -0.4 is 0 Å². The molecule has 0 aromatic heterocycles. The lowest BCUT2D eigenvalue weighted by Crippen LogP contribution is -2.25. The number of alkyl halides is 1. The van der Waals surface area contributed by atoms with E-state index in [4.69, 9.17) is 0 Å². The molecule has 0 N–H and O–H groups in total. The summed E-state index contributed by atoms with van der Waals surface area (Å²) in [5.74, 6) is -1.13. The van der Waals surface area contributed by atoms with Gasteiger partial charge in [0.15, 0.2) is 0 Å². The van der Waals surface area contributed by atoms with Crippen LogP contribution in [0.5, 0.6) is 0 Å². The Balaban J connectivity index is 2.66. The van der Waals surface area contributed by atoms with E-state index in [2.05, 4.69) is 30.2 Å². The summed E-state index contributed by atoms with van der Waals surface area (Å²) in [5, 5.41) is 0. The third-order valence-corrected chi connectivity index (χ3v) is 3.22. The maximum absolute atomic E-state index is 13.4. The molecule has 0 aliphatic heterocycles. The number of halogens is 1. The van der Waals surface area contributed by atoms with E-state index in [-0.39, 0.29) is 12.2 Å². The molecule has 2 unspecified atom stereocenters. The van der Waals surface area contributed by atoms with Crippen LogP contribution in [0.1, 0.15) is 56.0 Å². The number of hydrogen-bond donors (Lipinski definition) is 0. The summed E-state index contributed by atoms with van der Waals surface area (Å²) in [5.41, 5.74) is 1.31. The highest BCUT2D eigenvalue weighted by Gasteiger charge is 2.24. The Labute approximate surface area is 130 Å². The van der Waals surface area contributed by atoms with Gasteiger partial charge in [-0.3, -0.25) is 0 Å². The van der Waals surface area contributed by atoms with Crippen LogP contribution in [0.2, 0.25) is 0 Å². The Morgan fingerprint density at radius 3 is 2.23 bits per heavy atom. The summed E-state index contributed by atoms with van der Waals surface area (Å²) in [6, 6.07) is 6.79. The molecule has 1 aromatic rings. The van der Waals surface area contributed by atoms with Crippen LogP contribution >= 0.6 is 0 Å². The van der Waals surface area contributed by atoms with E-state index < -0.39 is 18.3 Å². The second kappa shape index (κ2) is 8.51. The first kappa shape index (κ1) is 18.1. The van der Waals surface area contributed by atoms with Crippen LogP contribution in [0.4, 0.5) is 4.39 Å². The predicted octanol–water partition coefficient (Wildman–Crippen LogP) is 3.85. The van der Waals surface area contributed by atoms with Crippen molar-refractivity contribution in [3.8, 4) is 0 Å². The number of esters is 2. The van der Waals surface area contributed by atoms with Gasteiger partial charge in [0.2, 0.25) is 0 Å². The third-order valence-electron chi connectivity index (χ3n) is 3.22. The van der Waals surface area contributed by atoms with E-state index in [9.17, 15) is 14.0 Å². The van der Waals surface area contributed by atoms with Crippen molar-refractivity contribution >= 4 is 11.9 Å². The van der Waals surface area contributed by atoms with Gasteiger partial charge in [-0.25, -0.2) is 9.59 Å². The predicted molar refractivity (Wildman–Crippen MR) is 81.3 cm³/mol. The maximum atomic E-state index is 13.4. The minimum Gasteiger partial charge on any atom is -0.461 e. The minimum atomic E-state index is -2.40. The van der Waals surface area contributed by atoms with E-state index in [1.807, 2.05) is 12.1 Å². The molecule has 1 rings (SSSR count). The summed E-state index contributed by atoms with van der Waals surface area (Å²) in [7, 11) is 0. The zero-order valence-electron chi connectivity index (χ0n) is 13.5. The number of benzene rings is 1. The van der Waals surface area contributed by atoms with E-state index >= 15 is 0 Å². The maximum Gasteiger partial charge on any atom is 0.381 e. The first-order valence-electron chi connectivity index (χ1n) is 7.46. The lowest BCUT2D eigenvalue weighted by atomic mass is 9.91. The fourth-order valence-electron chi connectivity index (χ4n) is 2.21. The molecule has 122 valence electrons. The summed E-state index contributed by atoms with van der Waals surface area (Å²) in [4.78, 5) is 22.8. The molecule has 0 saturated carbocycles. The van der Waals surface area contributed by atoms with Gasteiger partial charge in [-0.1, -0.05) is 32.9 Å². The van der Waals surface area contributed by atoms with Crippen LogP contribution in [0.3, 0.4) is 0 Å². The number of hydrogen-bond acceptors (Lipinski definition) is 4. The molecule has 0 radical (unpaired) electrons. The van der Waals surface area contributed by atoms with Gasteiger partial charge in [-0.2, -0.15) is 4.39 Å². The van der Waals surface area contributed by atoms with Crippen molar-refractivity contribution in [1.82, 2.24) is 0 Å². The van der Waals surface area contributed by atoms with Gasteiger partial charge in [0.25, 0.3) is 0 Å². The lowest BCUT2D eigenvalue weighted by Gasteiger charge is -2.15. The minimum absolute atomic E-state index is 0.0270. The third kappa shape index (κ3) is 5.47. The number of rotatable bonds is 7. The smallest absolute Gasteiger partial charge is 0.381 e. The van der Waals surface area contributed by atoms with Gasteiger partial charge < -0.3 is 9.47 Å². The van der Waals surface area contributed by atoms with E-state index in [0.717, 1.165) is 12.0 Å². The summed E-state index contributed by atoms with van der Waals surface area (Å²) in [6.45, 7) is 7.99. The molecular formula is C17H23FO4. The van der Waals surface area contributed by atoms with Gasteiger partial charge >= 0.3 is 18.3 Å². The van der Waals surface area contributed by atoms with E-state index in [1.165, 1.54) is 0 Å². The van der Waals surface area contributed by atoms with Crippen molar-refractivity contribution < 1.29 is 23.5 Å². The molecule has 0 saturated heterocycles. The van der Waals surface area contributed by atoms with E-state index in [1.54, 1.807) is 19.1 Å². The lowest BCUT2D eigenvalue weighted by molar-refractivity contribution is -0.163. The van der Waals surface area contributed by atoms with Gasteiger partial charge in [-0.15, -0.1) is 0 Å². The average molecular weight is 310 g/mol. The molecule has 22 heavy (non-hydrogen) atoms. The molecule has 5 heteroatoms.